The summed E-state index contributed by atoms with van der Waals surface area (Å²) in [7, 11) is 0. The summed E-state index contributed by atoms with van der Waals surface area (Å²) in [4.78, 5) is 0. The Morgan fingerprint density at radius 3 is 0.810 bits per heavy atom. The van der Waals surface area contributed by atoms with Crippen molar-refractivity contribution in [3.8, 4) is 0 Å². The van der Waals surface area contributed by atoms with Crippen LogP contribution in [0.4, 0.5) is 0 Å². The van der Waals surface area contributed by atoms with Gasteiger partial charge in [-0.15, -0.1) is 0 Å². The molecule has 0 aliphatic rings. The Labute approximate surface area is 140 Å². The molecule has 3 unspecified atom stereocenters. The fourth-order valence-electron chi connectivity index (χ4n) is 0. The van der Waals surface area contributed by atoms with Crippen LogP contribution in [-0.4, -0.2) is 37.8 Å². The van der Waals surface area contributed by atoms with Gasteiger partial charge in [0.15, 0.2) is 0 Å². The molecule has 0 aliphatic carbocycles. The van der Waals surface area contributed by atoms with Crippen molar-refractivity contribution in [2.24, 2.45) is 0 Å². The van der Waals surface area contributed by atoms with E-state index >= 15 is 0 Å². The van der Waals surface area contributed by atoms with Gasteiger partial charge in [-0.2, -0.15) is 37.8 Å². The molecule has 0 aromatic heterocycles. The van der Waals surface area contributed by atoms with Crippen molar-refractivity contribution < 1.29 is 47.6 Å². The summed E-state index contributed by atoms with van der Waals surface area (Å²) in [6.07, 6.45) is 0. The Morgan fingerprint density at radius 1 is 0.762 bits per heavy atom. The van der Waals surface area contributed by atoms with E-state index in [2.05, 4.69) is 0 Å². The van der Waals surface area contributed by atoms with Crippen molar-refractivity contribution in [2.45, 2.75) is 38.9 Å². The van der Waals surface area contributed by atoms with Crippen LogP contribution in [-0.2, 0) is 40.0 Å². The van der Waals surface area contributed by atoms with Gasteiger partial charge >= 0.3 is 47.6 Å². The fraction of sp³-hybridized carbons (Fsp3) is 1.00. The first-order valence-corrected chi connectivity index (χ1v) is 10.3. The van der Waals surface area contributed by atoms with Crippen LogP contribution >= 0.6 is 0 Å². The van der Waals surface area contributed by atoms with Gasteiger partial charge in [0.25, 0.3) is 0 Å². The number of hydrogen-bond acceptors (Lipinski definition) is 4. The molecule has 12 heteroatoms. The van der Waals surface area contributed by atoms with Crippen molar-refractivity contribution in [3.05, 3.63) is 34.4 Å². The van der Waals surface area contributed by atoms with E-state index in [1.54, 1.807) is 20.8 Å². The van der Waals surface area contributed by atoms with Gasteiger partial charge in [-0.05, 0) is 0 Å². The second-order valence-corrected chi connectivity index (χ2v) is 6.66. The van der Waals surface area contributed by atoms with E-state index in [0.29, 0.717) is 0 Å². The third-order valence-corrected chi connectivity index (χ3v) is 0.919. The molecule has 10 nitrogen and oxygen atoms in total. The van der Waals surface area contributed by atoms with E-state index in [1.165, 1.54) is 0 Å². The molecule has 0 rings (SSSR count). The summed E-state index contributed by atoms with van der Waals surface area (Å²) < 4.78 is 34.6. The maximum absolute atomic E-state index is 8.65. The molecular formula is C9H24N6NiO4W-6. The van der Waals surface area contributed by atoms with Crippen molar-refractivity contribution in [3.63, 3.8) is 0 Å². The van der Waals surface area contributed by atoms with Gasteiger partial charge in [-0.3, -0.25) is 0 Å². The van der Waals surface area contributed by atoms with Crippen molar-refractivity contribution >= 4 is 0 Å². The van der Waals surface area contributed by atoms with Gasteiger partial charge in [0.2, 0.25) is 0 Å². The zero-order chi connectivity index (χ0) is 17.4. The quantitative estimate of drug-likeness (QED) is 0.505. The van der Waals surface area contributed by atoms with Crippen molar-refractivity contribution in [1.82, 2.24) is 0 Å². The molecule has 0 bridgehead atoms. The minimum atomic E-state index is -6.17. The number of rotatable bonds is 3. The number of hydrogen-bond donors (Lipinski definition) is 0. The van der Waals surface area contributed by atoms with Gasteiger partial charge in [0.1, 0.15) is 0 Å². The zero-order valence-electron chi connectivity index (χ0n) is 12.2. The molecule has 6 N–H and O–H groups in total. The molecule has 0 aromatic carbocycles. The monoisotopic (exact) mass is 522 g/mol. The zero-order valence-corrected chi connectivity index (χ0v) is 16.1. The molecular weight excluding hydrogens is 499 g/mol. The van der Waals surface area contributed by atoms with Gasteiger partial charge in [0, 0.05) is 0 Å². The summed E-state index contributed by atoms with van der Waals surface area (Å²) in [5.41, 5.74) is 39.3. The first-order chi connectivity index (χ1) is 8.81. The second-order valence-electron chi connectivity index (χ2n) is 3.72. The summed E-state index contributed by atoms with van der Waals surface area (Å²) in [6, 6.07) is -0.597. The Morgan fingerprint density at radius 2 is 0.810 bits per heavy atom. The van der Waals surface area contributed by atoms with Gasteiger partial charge < -0.3 is 34.4 Å². The Kier molecular flexibility index (Phi) is 35.9. The van der Waals surface area contributed by atoms with Crippen LogP contribution in [0.2, 0.25) is 0 Å². The molecule has 3 atom stereocenters. The third-order valence-electron chi connectivity index (χ3n) is 0.919. The standard InChI is InChI=1S/3C3H8N2.Ni.4O.W/c3*1-3(5)2-4;;;;;;/h3*3-5H,2H2,1H3;;;;;;/q3*-2;+2;;;2*-1;. The normalized spacial score (nSPS) is 13.5. The molecule has 0 fully saturated rings. The molecule has 136 valence electrons. The topological polar surface area (TPSA) is 223 Å². The molecule has 0 aromatic rings. The fourth-order valence-corrected chi connectivity index (χ4v) is 0. The van der Waals surface area contributed by atoms with Crippen molar-refractivity contribution in [1.29, 1.82) is 0 Å². The molecule has 0 aliphatic heterocycles. The maximum atomic E-state index is 8.65. The van der Waals surface area contributed by atoms with E-state index in [4.69, 9.17) is 48.7 Å². The van der Waals surface area contributed by atoms with Crippen LogP contribution in [0.5, 0.6) is 0 Å². The molecule has 21 heavy (non-hydrogen) atoms. The molecule has 0 saturated heterocycles. The predicted octanol–water partition coefficient (Wildman–Crippen LogP) is 1.82. The van der Waals surface area contributed by atoms with E-state index < -0.39 is 16.7 Å². The van der Waals surface area contributed by atoms with Crippen LogP contribution in [0, 0.1) is 0 Å². The van der Waals surface area contributed by atoms with Crippen LogP contribution < -0.4 is 7.52 Å². The molecule has 0 amide bonds. The first-order valence-electron chi connectivity index (χ1n) is 5.55. The molecule has 0 radical (unpaired) electrons. The summed E-state index contributed by atoms with van der Waals surface area (Å²) in [5.74, 6) is 0. The third kappa shape index (κ3) is 167. The summed E-state index contributed by atoms with van der Waals surface area (Å²) >= 11 is -6.17. The number of nitrogens with one attached hydrogen (secondary N) is 6. The van der Waals surface area contributed by atoms with Gasteiger partial charge in [0.05, 0.1) is 0 Å². The molecule has 0 saturated carbocycles. The van der Waals surface area contributed by atoms with E-state index in [9.17, 15) is 0 Å². The minimum absolute atomic E-state index is 0. The first kappa shape index (κ1) is 33.2. The second kappa shape index (κ2) is 22.7. The average molecular weight is 523 g/mol. The van der Waals surface area contributed by atoms with E-state index in [-0.39, 0.29) is 54.3 Å². The van der Waals surface area contributed by atoms with Crippen LogP contribution in [0.25, 0.3) is 34.4 Å². The van der Waals surface area contributed by atoms with Gasteiger partial charge in [-0.25, -0.2) is 0 Å². The Hall–Kier alpha value is 0.462. The summed E-state index contributed by atoms with van der Waals surface area (Å²) in [5, 5.41) is 0. The Bertz CT molecular complexity index is 238. The average Bonchev–Trinajstić information content (AvgIpc) is 2.28. The van der Waals surface area contributed by atoms with Gasteiger partial charge in [-0.1, -0.05) is 20.8 Å². The van der Waals surface area contributed by atoms with Crippen LogP contribution in [0.3, 0.4) is 0 Å². The Balaban J connectivity index is -0.0000000533. The van der Waals surface area contributed by atoms with E-state index in [1.807, 2.05) is 0 Å². The predicted molar refractivity (Wildman–Crippen MR) is 70.3 cm³/mol. The van der Waals surface area contributed by atoms with Crippen LogP contribution in [0.15, 0.2) is 0 Å². The van der Waals surface area contributed by atoms with Crippen LogP contribution in [0.1, 0.15) is 20.8 Å². The van der Waals surface area contributed by atoms with E-state index in [0.717, 1.165) is 0 Å². The summed E-state index contributed by atoms with van der Waals surface area (Å²) in [6.45, 7) is 5.77. The van der Waals surface area contributed by atoms with Crippen molar-refractivity contribution in [2.75, 3.05) is 19.6 Å². The molecule has 0 spiro atoms. The SMILES string of the molecule is CC([NH-])C[NH-].CC([NH-])C[NH-].CC([NH-])C[NH-].[Ni+2].[O]=[W](=[O])([O-])[O-]. The molecule has 0 heterocycles.